The van der Waals surface area contributed by atoms with Crippen LogP contribution in [0.5, 0.6) is 5.75 Å². The molecule has 1 amide bonds. The Bertz CT molecular complexity index is 1130. The van der Waals surface area contributed by atoms with E-state index in [-0.39, 0.29) is 11.9 Å². The Morgan fingerprint density at radius 3 is 2.74 bits per heavy atom. The maximum atomic E-state index is 12.8. The minimum absolute atomic E-state index is 0.0163. The van der Waals surface area contributed by atoms with Crippen molar-refractivity contribution >= 4 is 16.7 Å². The van der Waals surface area contributed by atoms with Gasteiger partial charge in [0.2, 0.25) is 0 Å². The zero-order valence-corrected chi connectivity index (χ0v) is 19.8. The lowest BCUT2D eigenvalue weighted by molar-refractivity contribution is -0.138. The summed E-state index contributed by atoms with van der Waals surface area (Å²) < 4.78 is 11.9. The minimum atomic E-state index is -0.391. The van der Waals surface area contributed by atoms with Gasteiger partial charge in [-0.15, -0.1) is 0 Å². The lowest BCUT2D eigenvalue weighted by Crippen LogP contribution is -2.53. The van der Waals surface area contributed by atoms with E-state index in [1.807, 2.05) is 31.3 Å². The highest BCUT2D eigenvalue weighted by Gasteiger charge is 2.29. The standard InChI is InChI=1S/C28H33N3O3/c1-30-13-15-34-27(20-30)28(32)29-18-24-17-22-8-2-3-9-23(22)19-31(24)14-16-33-26-12-6-10-21-7-4-5-11-25(21)26/h2-12,24,27H,13-20H2,1H3,(H,29,32). The van der Waals surface area contributed by atoms with Crippen molar-refractivity contribution in [3.8, 4) is 5.75 Å². The first kappa shape index (κ1) is 22.8. The number of nitrogens with one attached hydrogen (secondary N) is 1. The fourth-order valence-corrected chi connectivity index (χ4v) is 4.97. The van der Waals surface area contributed by atoms with Crippen LogP contribution in [0.2, 0.25) is 0 Å². The number of fused-ring (bicyclic) bond motifs is 2. The number of nitrogens with zero attached hydrogens (tertiary/aromatic N) is 2. The van der Waals surface area contributed by atoms with Crippen molar-refractivity contribution in [3.63, 3.8) is 0 Å². The van der Waals surface area contributed by atoms with E-state index >= 15 is 0 Å². The molecule has 1 fully saturated rings. The molecule has 1 N–H and O–H groups in total. The summed E-state index contributed by atoms with van der Waals surface area (Å²) in [7, 11) is 2.03. The summed E-state index contributed by atoms with van der Waals surface area (Å²) in [6.45, 7) is 4.96. The molecule has 0 saturated carbocycles. The van der Waals surface area contributed by atoms with Gasteiger partial charge in [-0.1, -0.05) is 60.7 Å². The van der Waals surface area contributed by atoms with Crippen LogP contribution >= 0.6 is 0 Å². The number of amides is 1. The first-order valence-electron chi connectivity index (χ1n) is 12.2. The fourth-order valence-electron chi connectivity index (χ4n) is 4.97. The predicted molar refractivity (Wildman–Crippen MR) is 134 cm³/mol. The Hall–Kier alpha value is -2.93. The summed E-state index contributed by atoms with van der Waals surface area (Å²) in [6.07, 6.45) is 0.522. The van der Waals surface area contributed by atoms with Gasteiger partial charge >= 0.3 is 0 Å². The Kier molecular flexibility index (Phi) is 7.09. The maximum absolute atomic E-state index is 12.8. The van der Waals surface area contributed by atoms with E-state index in [1.54, 1.807) is 0 Å². The third kappa shape index (κ3) is 5.25. The van der Waals surface area contributed by atoms with Crippen molar-refractivity contribution in [2.75, 3.05) is 46.4 Å². The maximum Gasteiger partial charge on any atom is 0.250 e. The second-order valence-electron chi connectivity index (χ2n) is 9.29. The van der Waals surface area contributed by atoms with Crippen molar-refractivity contribution in [2.45, 2.75) is 25.1 Å². The van der Waals surface area contributed by atoms with E-state index in [0.29, 0.717) is 26.3 Å². The molecule has 0 bridgehead atoms. The lowest BCUT2D eigenvalue weighted by Gasteiger charge is -2.37. The van der Waals surface area contributed by atoms with Crippen LogP contribution < -0.4 is 10.1 Å². The molecule has 34 heavy (non-hydrogen) atoms. The molecule has 0 spiro atoms. The number of hydrogen-bond acceptors (Lipinski definition) is 5. The van der Waals surface area contributed by atoms with Gasteiger partial charge in [-0.25, -0.2) is 0 Å². The van der Waals surface area contributed by atoms with Gasteiger partial charge in [-0.2, -0.15) is 0 Å². The van der Waals surface area contributed by atoms with E-state index < -0.39 is 6.10 Å². The summed E-state index contributed by atoms with van der Waals surface area (Å²) in [6, 6.07) is 23.3. The number of carbonyl (C=O) groups excluding carboxylic acids is 1. The molecule has 2 atom stereocenters. The highest BCUT2D eigenvalue weighted by Crippen LogP contribution is 2.26. The molecule has 0 aliphatic carbocycles. The topological polar surface area (TPSA) is 54.0 Å². The molecule has 2 unspecified atom stereocenters. The summed E-state index contributed by atoms with van der Waals surface area (Å²) in [5.41, 5.74) is 2.72. The normalized spacial score (nSPS) is 21.2. The third-order valence-corrected chi connectivity index (χ3v) is 6.92. The van der Waals surface area contributed by atoms with Gasteiger partial charge in [0.05, 0.1) is 6.61 Å². The molecule has 6 nitrogen and oxygen atoms in total. The van der Waals surface area contributed by atoms with Crippen LogP contribution in [0.4, 0.5) is 0 Å². The number of hydrogen-bond donors (Lipinski definition) is 1. The number of benzene rings is 3. The van der Waals surface area contributed by atoms with Crippen LogP contribution in [0.25, 0.3) is 10.8 Å². The first-order chi connectivity index (χ1) is 16.7. The van der Waals surface area contributed by atoms with Crippen LogP contribution in [0.1, 0.15) is 11.1 Å². The van der Waals surface area contributed by atoms with Crippen LogP contribution in [0, 0.1) is 0 Å². The first-order valence-corrected chi connectivity index (χ1v) is 12.2. The van der Waals surface area contributed by atoms with Crippen molar-refractivity contribution in [3.05, 3.63) is 77.9 Å². The van der Waals surface area contributed by atoms with Crippen LogP contribution in [0.15, 0.2) is 66.7 Å². The number of carbonyl (C=O) groups is 1. The van der Waals surface area contributed by atoms with Gasteiger partial charge in [0, 0.05) is 44.2 Å². The molecular weight excluding hydrogens is 426 g/mol. The minimum Gasteiger partial charge on any atom is -0.492 e. The SMILES string of the molecule is CN1CCOC(C(=O)NCC2Cc3ccccc3CN2CCOc2cccc3ccccc23)C1. The van der Waals surface area contributed by atoms with Crippen molar-refractivity contribution in [2.24, 2.45) is 0 Å². The van der Waals surface area contributed by atoms with Crippen LogP contribution in [-0.4, -0.2) is 74.3 Å². The monoisotopic (exact) mass is 459 g/mol. The van der Waals surface area contributed by atoms with Gasteiger partial charge in [0.25, 0.3) is 5.91 Å². The molecular formula is C28H33N3O3. The van der Waals surface area contributed by atoms with E-state index in [2.05, 4.69) is 57.6 Å². The van der Waals surface area contributed by atoms with E-state index in [9.17, 15) is 4.79 Å². The largest absolute Gasteiger partial charge is 0.492 e. The number of morpholine rings is 1. The molecule has 2 aliphatic rings. The zero-order valence-electron chi connectivity index (χ0n) is 19.8. The van der Waals surface area contributed by atoms with Gasteiger partial charge in [0.15, 0.2) is 0 Å². The Balaban J connectivity index is 1.23. The van der Waals surface area contributed by atoms with Crippen molar-refractivity contribution in [1.29, 1.82) is 0 Å². The molecule has 2 aliphatic heterocycles. The number of likely N-dealkylation sites (N-methyl/N-ethyl adjacent to an activating group) is 1. The van der Waals surface area contributed by atoms with Crippen LogP contribution in [0.3, 0.4) is 0 Å². The molecule has 1 saturated heterocycles. The van der Waals surface area contributed by atoms with E-state index in [4.69, 9.17) is 9.47 Å². The van der Waals surface area contributed by atoms with Gasteiger partial charge in [-0.3, -0.25) is 9.69 Å². The van der Waals surface area contributed by atoms with Crippen molar-refractivity contribution < 1.29 is 14.3 Å². The smallest absolute Gasteiger partial charge is 0.250 e. The molecule has 178 valence electrons. The summed E-state index contributed by atoms with van der Waals surface area (Å²) >= 11 is 0. The molecule has 3 aromatic carbocycles. The van der Waals surface area contributed by atoms with Gasteiger partial charge in [0.1, 0.15) is 18.5 Å². The Labute approximate surface area is 201 Å². The van der Waals surface area contributed by atoms with E-state index in [1.165, 1.54) is 16.5 Å². The highest BCUT2D eigenvalue weighted by atomic mass is 16.5. The average molecular weight is 460 g/mol. The second-order valence-corrected chi connectivity index (χ2v) is 9.29. The third-order valence-electron chi connectivity index (χ3n) is 6.92. The lowest BCUT2D eigenvalue weighted by atomic mass is 9.94. The summed E-state index contributed by atoms with van der Waals surface area (Å²) in [5.74, 6) is 0.899. The molecule has 0 radical (unpaired) electrons. The summed E-state index contributed by atoms with van der Waals surface area (Å²) in [5, 5.41) is 5.48. The van der Waals surface area contributed by atoms with Gasteiger partial charge in [-0.05, 0) is 36.0 Å². The average Bonchev–Trinajstić information content (AvgIpc) is 2.87. The Morgan fingerprint density at radius 1 is 1.06 bits per heavy atom. The molecule has 3 aromatic rings. The quantitative estimate of drug-likeness (QED) is 0.589. The summed E-state index contributed by atoms with van der Waals surface area (Å²) in [4.78, 5) is 17.3. The molecule has 5 rings (SSSR count). The zero-order chi connectivity index (χ0) is 23.3. The molecule has 6 heteroatoms. The van der Waals surface area contributed by atoms with Gasteiger partial charge < -0.3 is 19.7 Å². The van der Waals surface area contributed by atoms with Crippen molar-refractivity contribution in [1.82, 2.24) is 15.1 Å². The second kappa shape index (κ2) is 10.6. The fraction of sp³-hybridized carbons (Fsp3) is 0.393. The Morgan fingerprint density at radius 2 is 1.85 bits per heavy atom. The van der Waals surface area contributed by atoms with E-state index in [0.717, 1.165) is 37.2 Å². The molecule has 2 heterocycles. The molecule has 0 aromatic heterocycles. The van der Waals surface area contributed by atoms with Crippen LogP contribution in [-0.2, 0) is 22.5 Å². The predicted octanol–water partition coefficient (Wildman–Crippen LogP) is 3.09. The highest BCUT2D eigenvalue weighted by molar-refractivity contribution is 5.88. The number of rotatable bonds is 7. The number of ether oxygens (including phenoxy) is 2.